The van der Waals surface area contributed by atoms with E-state index in [1.807, 2.05) is 18.2 Å². The molecule has 0 radical (unpaired) electrons. The molecule has 1 unspecified atom stereocenters. The number of aryl methyl sites for hydroxylation is 2. The van der Waals surface area contributed by atoms with Crippen molar-refractivity contribution in [3.8, 4) is 0 Å². The number of hydrogen-bond acceptors (Lipinski definition) is 3. The van der Waals surface area contributed by atoms with Crippen LogP contribution in [0.1, 0.15) is 30.4 Å². The Labute approximate surface area is 140 Å². The lowest BCUT2D eigenvalue weighted by Crippen LogP contribution is -2.38. The number of nitrogens with zero attached hydrogens (tertiary/aromatic N) is 1. The van der Waals surface area contributed by atoms with Gasteiger partial charge in [-0.15, -0.1) is 12.4 Å². The van der Waals surface area contributed by atoms with E-state index in [0.29, 0.717) is 12.6 Å². The van der Waals surface area contributed by atoms with Gasteiger partial charge in [0.2, 0.25) is 5.91 Å². The SMILES string of the molecule is Cc1ccc(NC(=O)CN(C)C2CCCNCC2)cc1C.Cl. The van der Waals surface area contributed by atoms with E-state index in [0.717, 1.165) is 25.2 Å². The van der Waals surface area contributed by atoms with Crippen LogP contribution in [0.15, 0.2) is 18.2 Å². The molecule has 1 amide bonds. The predicted molar refractivity (Wildman–Crippen MR) is 94.9 cm³/mol. The molecule has 1 fully saturated rings. The lowest BCUT2D eigenvalue weighted by Gasteiger charge is -2.26. The molecule has 4 nitrogen and oxygen atoms in total. The van der Waals surface area contributed by atoms with Gasteiger partial charge in [-0.3, -0.25) is 9.69 Å². The van der Waals surface area contributed by atoms with Crippen molar-refractivity contribution in [2.24, 2.45) is 0 Å². The number of hydrogen-bond donors (Lipinski definition) is 2. The average Bonchev–Trinajstić information content (AvgIpc) is 2.72. The van der Waals surface area contributed by atoms with E-state index in [2.05, 4.69) is 36.4 Å². The predicted octanol–water partition coefficient (Wildman–Crippen LogP) is 2.74. The number of halogens is 1. The standard InChI is InChI=1S/C17H27N3O.ClH/c1-13-6-7-15(11-14(13)2)19-17(21)12-20(3)16-5-4-9-18-10-8-16;/h6-7,11,16,18H,4-5,8-10,12H2,1-3H3,(H,19,21);1H. The maximum absolute atomic E-state index is 12.2. The molecule has 0 saturated carbocycles. The van der Waals surface area contributed by atoms with Crippen molar-refractivity contribution in [1.29, 1.82) is 0 Å². The fraction of sp³-hybridized carbons (Fsp3) is 0.588. The molecule has 0 bridgehead atoms. The van der Waals surface area contributed by atoms with E-state index in [1.165, 1.54) is 24.0 Å². The van der Waals surface area contributed by atoms with Crippen LogP contribution < -0.4 is 10.6 Å². The van der Waals surface area contributed by atoms with Crippen LogP contribution in [-0.4, -0.2) is 43.5 Å². The van der Waals surface area contributed by atoms with Crippen molar-refractivity contribution in [1.82, 2.24) is 10.2 Å². The van der Waals surface area contributed by atoms with Crippen LogP contribution in [0.2, 0.25) is 0 Å². The molecule has 1 aliphatic rings. The highest BCUT2D eigenvalue weighted by Gasteiger charge is 2.18. The molecule has 1 aliphatic heterocycles. The maximum Gasteiger partial charge on any atom is 0.238 e. The van der Waals surface area contributed by atoms with Gasteiger partial charge < -0.3 is 10.6 Å². The Hall–Kier alpha value is -1.10. The van der Waals surface area contributed by atoms with Crippen LogP contribution in [0.5, 0.6) is 0 Å². The summed E-state index contributed by atoms with van der Waals surface area (Å²) in [6.45, 7) is 6.75. The van der Waals surface area contributed by atoms with Gasteiger partial charge in [-0.25, -0.2) is 0 Å². The fourth-order valence-corrected chi connectivity index (χ4v) is 2.82. The van der Waals surface area contributed by atoms with Crippen molar-refractivity contribution in [3.05, 3.63) is 29.3 Å². The van der Waals surface area contributed by atoms with Gasteiger partial charge in [0.15, 0.2) is 0 Å². The summed E-state index contributed by atoms with van der Waals surface area (Å²) in [5.74, 6) is 0.0676. The molecule has 1 aromatic carbocycles. The van der Waals surface area contributed by atoms with E-state index in [4.69, 9.17) is 0 Å². The number of nitrogens with one attached hydrogen (secondary N) is 2. The third kappa shape index (κ3) is 5.59. The van der Waals surface area contributed by atoms with Crippen LogP contribution in [-0.2, 0) is 4.79 Å². The number of benzene rings is 1. The zero-order valence-electron chi connectivity index (χ0n) is 13.8. The summed E-state index contributed by atoms with van der Waals surface area (Å²) in [5.41, 5.74) is 3.34. The first-order valence-corrected chi connectivity index (χ1v) is 7.84. The van der Waals surface area contributed by atoms with Crippen molar-refractivity contribution >= 4 is 24.0 Å². The van der Waals surface area contributed by atoms with E-state index in [1.54, 1.807) is 0 Å². The highest BCUT2D eigenvalue weighted by molar-refractivity contribution is 5.92. The minimum absolute atomic E-state index is 0. The fourth-order valence-electron chi connectivity index (χ4n) is 2.82. The van der Waals surface area contributed by atoms with Gasteiger partial charge in [0.05, 0.1) is 6.54 Å². The van der Waals surface area contributed by atoms with Gasteiger partial charge in [-0.1, -0.05) is 6.07 Å². The molecule has 22 heavy (non-hydrogen) atoms. The van der Waals surface area contributed by atoms with Gasteiger partial charge in [0.25, 0.3) is 0 Å². The van der Waals surface area contributed by atoms with Crippen molar-refractivity contribution in [2.75, 3.05) is 32.0 Å². The van der Waals surface area contributed by atoms with Crippen LogP contribution in [0.25, 0.3) is 0 Å². The monoisotopic (exact) mass is 325 g/mol. The Balaban J connectivity index is 0.00000242. The number of anilines is 1. The van der Waals surface area contributed by atoms with Crippen LogP contribution in [0, 0.1) is 13.8 Å². The van der Waals surface area contributed by atoms with Gasteiger partial charge in [0, 0.05) is 11.7 Å². The molecule has 5 heteroatoms. The summed E-state index contributed by atoms with van der Waals surface area (Å²) in [5, 5.41) is 6.41. The highest BCUT2D eigenvalue weighted by Crippen LogP contribution is 2.15. The summed E-state index contributed by atoms with van der Waals surface area (Å²) in [4.78, 5) is 14.4. The molecular formula is C17H28ClN3O. The molecule has 0 aliphatic carbocycles. The number of likely N-dealkylation sites (N-methyl/N-ethyl adjacent to an activating group) is 1. The summed E-state index contributed by atoms with van der Waals surface area (Å²) >= 11 is 0. The average molecular weight is 326 g/mol. The molecule has 2 N–H and O–H groups in total. The summed E-state index contributed by atoms with van der Waals surface area (Å²) in [6, 6.07) is 6.55. The Morgan fingerprint density at radius 2 is 2.05 bits per heavy atom. The third-order valence-electron chi connectivity index (χ3n) is 4.35. The van der Waals surface area contributed by atoms with Crippen molar-refractivity contribution in [2.45, 2.75) is 39.2 Å². The number of carbonyl (C=O) groups is 1. The second kappa shape index (κ2) is 9.13. The van der Waals surface area contributed by atoms with E-state index < -0.39 is 0 Å². The number of rotatable bonds is 4. The van der Waals surface area contributed by atoms with Gasteiger partial charge in [-0.05, 0) is 76.5 Å². The quantitative estimate of drug-likeness (QED) is 0.894. The Bertz CT molecular complexity index is 485. The summed E-state index contributed by atoms with van der Waals surface area (Å²) < 4.78 is 0. The maximum atomic E-state index is 12.2. The molecule has 1 atom stereocenters. The molecule has 1 aromatic rings. The van der Waals surface area contributed by atoms with Gasteiger partial charge >= 0.3 is 0 Å². The number of carbonyl (C=O) groups excluding carboxylic acids is 1. The molecular weight excluding hydrogens is 298 g/mol. The topological polar surface area (TPSA) is 44.4 Å². The van der Waals surface area contributed by atoms with E-state index in [-0.39, 0.29) is 18.3 Å². The summed E-state index contributed by atoms with van der Waals surface area (Å²) in [7, 11) is 2.05. The number of amides is 1. The molecule has 0 spiro atoms. The first-order valence-electron chi connectivity index (χ1n) is 7.84. The Morgan fingerprint density at radius 3 is 2.77 bits per heavy atom. The first kappa shape index (κ1) is 18.9. The Morgan fingerprint density at radius 1 is 1.27 bits per heavy atom. The highest BCUT2D eigenvalue weighted by atomic mass is 35.5. The van der Waals surface area contributed by atoms with Crippen LogP contribution in [0.3, 0.4) is 0 Å². The van der Waals surface area contributed by atoms with E-state index in [9.17, 15) is 4.79 Å². The second-order valence-corrected chi connectivity index (χ2v) is 6.10. The largest absolute Gasteiger partial charge is 0.325 e. The lowest BCUT2D eigenvalue weighted by molar-refractivity contribution is -0.117. The molecule has 0 aromatic heterocycles. The normalized spacial score (nSPS) is 18.5. The zero-order chi connectivity index (χ0) is 15.2. The smallest absolute Gasteiger partial charge is 0.238 e. The van der Waals surface area contributed by atoms with E-state index >= 15 is 0 Å². The second-order valence-electron chi connectivity index (χ2n) is 6.10. The Kier molecular flexibility index (Phi) is 7.87. The molecule has 1 saturated heterocycles. The third-order valence-corrected chi connectivity index (χ3v) is 4.35. The van der Waals surface area contributed by atoms with Gasteiger partial charge in [-0.2, -0.15) is 0 Å². The minimum atomic E-state index is 0. The molecule has 2 rings (SSSR count). The summed E-state index contributed by atoms with van der Waals surface area (Å²) in [6.07, 6.45) is 3.47. The van der Waals surface area contributed by atoms with Crippen molar-refractivity contribution < 1.29 is 4.79 Å². The van der Waals surface area contributed by atoms with Crippen molar-refractivity contribution in [3.63, 3.8) is 0 Å². The van der Waals surface area contributed by atoms with Crippen LogP contribution >= 0.6 is 12.4 Å². The zero-order valence-corrected chi connectivity index (χ0v) is 14.6. The minimum Gasteiger partial charge on any atom is -0.325 e. The lowest BCUT2D eigenvalue weighted by atomic mass is 10.1. The molecule has 1 heterocycles. The first-order chi connectivity index (χ1) is 10.1. The van der Waals surface area contributed by atoms with Gasteiger partial charge in [0.1, 0.15) is 0 Å². The van der Waals surface area contributed by atoms with Crippen LogP contribution in [0.4, 0.5) is 5.69 Å². The molecule has 124 valence electrons.